The molecule has 1 aliphatic carbocycles. The Morgan fingerprint density at radius 3 is 2.75 bits per heavy atom. The van der Waals surface area contributed by atoms with Crippen LogP contribution in [0, 0.1) is 11.3 Å². The lowest BCUT2D eigenvalue weighted by Crippen LogP contribution is -2.07. The quantitative estimate of drug-likeness (QED) is 0.565. The average Bonchev–Trinajstić information content (AvgIpc) is 2.66. The molecule has 1 aliphatic rings. The van der Waals surface area contributed by atoms with E-state index in [1.807, 2.05) is 30.5 Å². The lowest BCUT2D eigenvalue weighted by atomic mass is 9.82. The highest BCUT2D eigenvalue weighted by Crippen LogP contribution is 2.33. The molecule has 122 valence electrons. The number of hydrogen-bond donors (Lipinski definition) is 0. The molecule has 0 radical (unpaired) electrons. The van der Waals surface area contributed by atoms with Gasteiger partial charge in [-0.25, -0.2) is 0 Å². The molecule has 24 heavy (non-hydrogen) atoms. The van der Waals surface area contributed by atoms with E-state index in [0.29, 0.717) is 18.1 Å². The normalized spacial score (nSPS) is 15.3. The molecule has 0 N–H and O–H groups in total. The minimum atomic E-state index is 0.373. The van der Waals surface area contributed by atoms with Gasteiger partial charge in [-0.05, 0) is 47.6 Å². The third-order valence-corrected chi connectivity index (χ3v) is 4.59. The van der Waals surface area contributed by atoms with Crippen LogP contribution < -0.4 is 0 Å². The van der Waals surface area contributed by atoms with Crippen LogP contribution in [-0.2, 0) is 11.4 Å². The van der Waals surface area contributed by atoms with Crippen molar-refractivity contribution in [2.45, 2.75) is 44.6 Å². The van der Waals surface area contributed by atoms with Gasteiger partial charge >= 0.3 is 0 Å². The van der Waals surface area contributed by atoms with Gasteiger partial charge in [-0.2, -0.15) is 5.26 Å². The maximum Gasteiger partial charge on any atom is 0.142 e. The molecular weight excluding hydrogens is 296 g/mol. The second-order valence-corrected chi connectivity index (χ2v) is 6.28. The number of rotatable bonds is 5. The standard InChI is InChI=1S/C21H22N2O/c22-14-17-7-6-8-18(13-17)16-24-23-15-20-11-4-5-12-21(20)19-9-2-1-3-10-19/h4-8,11-13,15,19H,1-3,9-10,16H2. The molecule has 0 heterocycles. The molecule has 0 unspecified atom stereocenters. The van der Waals surface area contributed by atoms with Gasteiger partial charge in [-0.15, -0.1) is 0 Å². The van der Waals surface area contributed by atoms with Crippen LogP contribution in [-0.4, -0.2) is 6.21 Å². The first-order valence-corrected chi connectivity index (χ1v) is 8.60. The largest absolute Gasteiger partial charge is 0.391 e. The van der Waals surface area contributed by atoms with Crippen molar-refractivity contribution >= 4 is 6.21 Å². The van der Waals surface area contributed by atoms with E-state index in [1.165, 1.54) is 37.7 Å². The molecule has 0 atom stereocenters. The maximum absolute atomic E-state index is 8.92. The smallest absolute Gasteiger partial charge is 0.142 e. The zero-order valence-corrected chi connectivity index (χ0v) is 13.8. The van der Waals surface area contributed by atoms with E-state index >= 15 is 0 Å². The van der Waals surface area contributed by atoms with E-state index in [9.17, 15) is 0 Å². The summed E-state index contributed by atoms with van der Waals surface area (Å²) in [5.41, 5.74) is 4.13. The maximum atomic E-state index is 8.92. The molecule has 0 aromatic heterocycles. The summed E-state index contributed by atoms with van der Waals surface area (Å²) in [6.07, 6.45) is 8.36. The lowest BCUT2D eigenvalue weighted by molar-refractivity contribution is 0.132. The lowest BCUT2D eigenvalue weighted by Gasteiger charge is -2.23. The fourth-order valence-corrected chi connectivity index (χ4v) is 3.35. The zero-order valence-electron chi connectivity index (χ0n) is 13.8. The Morgan fingerprint density at radius 2 is 1.92 bits per heavy atom. The van der Waals surface area contributed by atoms with Gasteiger partial charge in [0.2, 0.25) is 0 Å². The molecule has 1 saturated carbocycles. The highest BCUT2D eigenvalue weighted by molar-refractivity contribution is 5.81. The molecule has 2 aromatic carbocycles. The van der Waals surface area contributed by atoms with Crippen molar-refractivity contribution in [3.05, 3.63) is 70.8 Å². The summed E-state index contributed by atoms with van der Waals surface area (Å²) in [5.74, 6) is 0.647. The van der Waals surface area contributed by atoms with Crippen molar-refractivity contribution in [1.82, 2.24) is 0 Å². The molecule has 0 spiro atoms. The van der Waals surface area contributed by atoms with Crippen LogP contribution >= 0.6 is 0 Å². The summed E-state index contributed by atoms with van der Waals surface area (Å²) in [7, 11) is 0. The molecule has 1 fully saturated rings. The van der Waals surface area contributed by atoms with Crippen molar-refractivity contribution in [3.63, 3.8) is 0 Å². The Morgan fingerprint density at radius 1 is 1.08 bits per heavy atom. The minimum absolute atomic E-state index is 0.373. The van der Waals surface area contributed by atoms with Gasteiger partial charge < -0.3 is 4.84 Å². The molecule has 0 amide bonds. The van der Waals surface area contributed by atoms with E-state index in [1.54, 1.807) is 6.07 Å². The van der Waals surface area contributed by atoms with Crippen LogP contribution in [0.2, 0.25) is 0 Å². The number of hydrogen-bond acceptors (Lipinski definition) is 3. The van der Waals surface area contributed by atoms with E-state index < -0.39 is 0 Å². The topological polar surface area (TPSA) is 45.4 Å². The fourth-order valence-electron chi connectivity index (χ4n) is 3.35. The summed E-state index contributed by atoms with van der Waals surface area (Å²) >= 11 is 0. The third kappa shape index (κ3) is 4.23. The SMILES string of the molecule is N#Cc1cccc(CON=Cc2ccccc2C2CCCCC2)c1. The van der Waals surface area contributed by atoms with Gasteiger partial charge in [0, 0.05) is 0 Å². The highest BCUT2D eigenvalue weighted by atomic mass is 16.6. The monoisotopic (exact) mass is 318 g/mol. The van der Waals surface area contributed by atoms with Crippen LogP contribution in [0.4, 0.5) is 0 Å². The average molecular weight is 318 g/mol. The van der Waals surface area contributed by atoms with E-state index in [0.717, 1.165) is 11.1 Å². The Kier molecular flexibility index (Phi) is 5.63. The molecule has 3 heteroatoms. The molecule has 0 saturated heterocycles. The van der Waals surface area contributed by atoms with Crippen molar-refractivity contribution in [2.24, 2.45) is 5.16 Å². The van der Waals surface area contributed by atoms with Crippen LogP contribution in [0.15, 0.2) is 53.7 Å². The predicted octanol–water partition coefficient (Wildman–Crippen LogP) is 5.16. The number of nitrogens with zero attached hydrogens (tertiary/aromatic N) is 2. The van der Waals surface area contributed by atoms with Crippen LogP contribution in [0.5, 0.6) is 0 Å². The molecule has 3 nitrogen and oxygen atoms in total. The third-order valence-electron chi connectivity index (χ3n) is 4.59. The Bertz CT molecular complexity index is 739. The van der Waals surface area contributed by atoms with E-state index in [2.05, 4.69) is 29.4 Å². The van der Waals surface area contributed by atoms with Gasteiger partial charge in [0.1, 0.15) is 6.61 Å². The van der Waals surface area contributed by atoms with Gasteiger partial charge in [0.15, 0.2) is 0 Å². The van der Waals surface area contributed by atoms with Crippen molar-refractivity contribution < 1.29 is 4.84 Å². The molecular formula is C21H22N2O. The fraction of sp³-hybridized carbons (Fsp3) is 0.333. The van der Waals surface area contributed by atoms with Gasteiger partial charge in [-0.3, -0.25) is 0 Å². The first-order valence-electron chi connectivity index (χ1n) is 8.60. The van der Waals surface area contributed by atoms with E-state index in [-0.39, 0.29) is 0 Å². The van der Waals surface area contributed by atoms with Gasteiger partial charge in [0.05, 0.1) is 17.8 Å². The Balaban J connectivity index is 1.63. The van der Waals surface area contributed by atoms with E-state index in [4.69, 9.17) is 10.1 Å². The second kappa shape index (κ2) is 8.31. The predicted molar refractivity (Wildman–Crippen MR) is 95.8 cm³/mol. The van der Waals surface area contributed by atoms with Crippen molar-refractivity contribution in [1.29, 1.82) is 5.26 Å². The van der Waals surface area contributed by atoms with Gasteiger partial charge in [-0.1, -0.05) is 60.8 Å². The number of oxime groups is 1. The Hall–Kier alpha value is -2.60. The van der Waals surface area contributed by atoms with Crippen molar-refractivity contribution in [3.8, 4) is 6.07 Å². The summed E-state index contributed by atoms with van der Waals surface area (Å²) < 4.78 is 0. The summed E-state index contributed by atoms with van der Waals surface area (Å²) in [6.45, 7) is 0.373. The van der Waals surface area contributed by atoms with Crippen molar-refractivity contribution in [2.75, 3.05) is 0 Å². The molecule has 2 aromatic rings. The summed E-state index contributed by atoms with van der Waals surface area (Å²) in [4.78, 5) is 5.43. The number of benzene rings is 2. The highest BCUT2D eigenvalue weighted by Gasteiger charge is 2.17. The Labute approximate surface area is 143 Å². The summed E-state index contributed by atoms with van der Waals surface area (Å²) in [6, 6.07) is 18.0. The molecule has 0 aliphatic heterocycles. The second-order valence-electron chi connectivity index (χ2n) is 6.28. The first kappa shape index (κ1) is 16.3. The van der Waals surface area contributed by atoms with Crippen LogP contribution in [0.3, 0.4) is 0 Å². The molecule has 3 rings (SSSR count). The zero-order chi connectivity index (χ0) is 16.6. The molecule has 0 bridgehead atoms. The number of nitriles is 1. The van der Waals surface area contributed by atoms with Gasteiger partial charge in [0.25, 0.3) is 0 Å². The van der Waals surface area contributed by atoms with Crippen LogP contribution in [0.1, 0.15) is 60.3 Å². The summed E-state index contributed by atoms with van der Waals surface area (Å²) in [5, 5.41) is 13.1. The minimum Gasteiger partial charge on any atom is -0.391 e. The van der Waals surface area contributed by atoms with Crippen LogP contribution in [0.25, 0.3) is 0 Å². The first-order chi connectivity index (χ1) is 11.9.